The van der Waals surface area contributed by atoms with Crippen molar-refractivity contribution >= 4 is 22.4 Å². The third-order valence-electron chi connectivity index (χ3n) is 1.67. The van der Waals surface area contributed by atoms with E-state index in [4.69, 9.17) is 10.2 Å². The molecule has 6 nitrogen and oxygen atoms in total. The number of nitrogens with one attached hydrogen (secondary N) is 1. The van der Waals surface area contributed by atoms with Crippen LogP contribution in [-0.2, 0) is 6.54 Å². The van der Waals surface area contributed by atoms with Crippen LogP contribution in [0, 0.1) is 0 Å². The summed E-state index contributed by atoms with van der Waals surface area (Å²) in [6.45, 7) is 0.270. The van der Waals surface area contributed by atoms with Crippen LogP contribution < -0.4 is 11.1 Å². The second-order valence-electron chi connectivity index (χ2n) is 2.67. The van der Waals surface area contributed by atoms with E-state index in [1.54, 1.807) is 12.1 Å². The van der Waals surface area contributed by atoms with Crippen molar-refractivity contribution in [1.29, 1.82) is 0 Å². The Morgan fingerprint density at radius 3 is 3.07 bits per heavy atom. The van der Waals surface area contributed by atoms with Crippen molar-refractivity contribution in [2.45, 2.75) is 6.54 Å². The van der Waals surface area contributed by atoms with E-state index in [-0.39, 0.29) is 18.2 Å². The summed E-state index contributed by atoms with van der Waals surface area (Å²) >= 11 is 1.24. The van der Waals surface area contributed by atoms with Crippen molar-refractivity contribution in [2.75, 3.05) is 5.32 Å². The number of amides is 1. The van der Waals surface area contributed by atoms with Crippen LogP contribution in [0.5, 0.6) is 0 Å². The van der Waals surface area contributed by atoms with Gasteiger partial charge in [0, 0.05) is 0 Å². The number of anilines is 1. The maximum Gasteiger partial charge on any atom is 0.293 e. The maximum atomic E-state index is 11.5. The number of nitrogens with two attached hydrogens (primary N) is 1. The first kappa shape index (κ1) is 9.81. The van der Waals surface area contributed by atoms with Crippen LogP contribution in [0.15, 0.2) is 22.1 Å². The standard InChI is InChI=1S/C8H8N4O2S/c9-3-5-1-2-6(14-5)7(13)11-8-12-10-4-15-8/h1-2,4H,3,9H2,(H,11,12,13). The molecule has 3 N–H and O–H groups in total. The van der Waals surface area contributed by atoms with E-state index in [1.165, 1.54) is 16.8 Å². The van der Waals surface area contributed by atoms with Gasteiger partial charge in [0.2, 0.25) is 5.13 Å². The SMILES string of the molecule is NCc1ccc(C(=O)Nc2nncs2)o1. The zero-order valence-electron chi connectivity index (χ0n) is 7.64. The highest BCUT2D eigenvalue weighted by atomic mass is 32.1. The highest BCUT2D eigenvalue weighted by Gasteiger charge is 2.11. The van der Waals surface area contributed by atoms with Gasteiger partial charge < -0.3 is 10.2 Å². The Balaban J connectivity index is 2.08. The van der Waals surface area contributed by atoms with E-state index in [0.717, 1.165) is 0 Å². The first-order valence-corrected chi connectivity index (χ1v) is 5.04. The summed E-state index contributed by atoms with van der Waals surface area (Å²) in [5, 5.41) is 10.3. The highest BCUT2D eigenvalue weighted by molar-refractivity contribution is 7.13. The molecular weight excluding hydrogens is 216 g/mol. The van der Waals surface area contributed by atoms with E-state index in [1.807, 2.05) is 0 Å². The number of nitrogens with zero attached hydrogens (tertiary/aromatic N) is 2. The molecule has 2 heterocycles. The van der Waals surface area contributed by atoms with Crippen LogP contribution in [0.2, 0.25) is 0 Å². The highest BCUT2D eigenvalue weighted by Crippen LogP contribution is 2.12. The summed E-state index contributed by atoms with van der Waals surface area (Å²) < 4.78 is 5.16. The van der Waals surface area contributed by atoms with Crippen molar-refractivity contribution in [2.24, 2.45) is 5.73 Å². The van der Waals surface area contributed by atoms with Gasteiger partial charge >= 0.3 is 0 Å². The topological polar surface area (TPSA) is 94.0 Å². The van der Waals surface area contributed by atoms with E-state index in [0.29, 0.717) is 10.9 Å². The zero-order valence-corrected chi connectivity index (χ0v) is 8.45. The molecule has 0 saturated heterocycles. The molecule has 0 aliphatic heterocycles. The molecule has 0 unspecified atom stereocenters. The average Bonchev–Trinajstić information content (AvgIpc) is 2.86. The molecule has 2 rings (SSSR count). The Bertz CT molecular complexity index is 451. The van der Waals surface area contributed by atoms with Crippen LogP contribution >= 0.6 is 11.3 Å². The van der Waals surface area contributed by atoms with Crippen molar-refractivity contribution in [3.63, 3.8) is 0 Å². The fourth-order valence-electron chi connectivity index (χ4n) is 0.996. The molecule has 0 bridgehead atoms. The number of rotatable bonds is 3. The summed E-state index contributed by atoms with van der Waals surface area (Å²) in [4.78, 5) is 11.5. The molecule has 0 radical (unpaired) electrons. The first-order valence-electron chi connectivity index (χ1n) is 4.16. The van der Waals surface area contributed by atoms with Gasteiger partial charge in [-0.1, -0.05) is 11.3 Å². The summed E-state index contributed by atoms with van der Waals surface area (Å²) in [5.74, 6) is 0.425. The Labute approximate surface area is 89.1 Å². The number of aromatic nitrogens is 2. The maximum absolute atomic E-state index is 11.5. The summed E-state index contributed by atoms with van der Waals surface area (Å²) in [6, 6.07) is 3.23. The monoisotopic (exact) mass is 224 g/mol. The number of hydrogen-bond acceptors (Lipinski definition) is 6. The van der Waals surface area contributed by atoms with E-state index < -0.39 is 0 Å². The molecule has 0 fully saturated rings. The smallest absolute Gasteiger partial charge is 0.293 e. The number of carbonyl (C=O) groups is 1. The lowest BCUT2D eigenvalue weighted by Gasteiger charge is -1.96. The Hall–Kier alpha value is -1.73. The molecule has 0 aliphatic rings. The minimum atomic E-state index is -0.355. The number of carbonyl (C=O) groups excluding carboxylic acids is 1. The predicted molar refractivity (Wildman–Crippen MR) is 54.5 cm³/mol. The molecule has 2 aromatic heterocycles. The van der Waals surface area contributed by atoms with E-state index in [2.05, 4.69) is 15.5 Å². The zero-order chi connectivity index (χ0) is 10.7. The second kappa shape index (κ2) is 4.20. The molecule has 0 aromatic carbocycles. The van der Waals surface area contributed by atoms with Crippen LogP contribution in [0.4, 0.5) is 5.13 Å². The fourth-order valence-corrected chi connectivity index (χ4v) is 1.44. The molecule has 2 aromatic rings. The van der Waals surface area contributed by atoms with Crippen molar-refractivity contribution in [3.05, 3.63) is 29.2 Å². The third kappa shape index (κ3) is 2.20. The van der Waals surface area contributed by atoms with Crippen molar-refractivity contribution < 1.29 is 9.21 Å². The minimum absolute atomic E-state index is 0.214. The largest absolute Gasteiger partial charge is 0.455 e. The quantitative estimate of drug-likeness (QED) is 0.805. The van der Waals surface area contributed by atoms with E-state index >= 15 is 0 Å². The van der Waals surface area contributed by atoms with Gasteiger partial charge in [-0.25, -0.2) is 0 Å². The Morgan fingerprint density at radius 1 is 1.60 bits per heavy atom. The van der Waals surface area contributed by atoms with Gasteiger partial charge in [-0.2, -0.15) is 0 Å². The van der Waals surface area contributed by atoms with Gasteiger partial charge in [-0.15, -0.1) is 10.2 Å². The van der Waals surface area contributed by atoms with Crippen LogP contribution in [0.1, 0.15) is 16.3 Å². The first-order chi connectivity index (χ1) is 7.29. The molecule has 78 valence electrons. The Morgan fingerprint density at radius 2 is 2.47 bits per heavy atom. The third-order valence-corrected chi connectivity index (χ3v) is 2.27. The molecule has 0 spiro atoms. The lowest BCUT2D eigenvalue weighted by Crippen LogP contribution is -2.10. The van der Waals surface area contributed by atoms with Gasteiger partial charge in [0.1, 0.15) is 11.3 Å². The normalized spacial score (nSPS) is 10.2. The Kier molecular flexibility index (Phi) is 2.75. The molecular formula is C8H8N4O2S. The molecule has 0 aliphatic carbocycles. The van der Waals surface area contributed by atoms with Crippen LogP contribution in [0.3, 0.4) is 0 Å². The van der Waals surface area contributed by atoms with Crippen LogP contribution in [0.25, 0.3) is 0 Å². The predicted octanol–water partition coefficient (Wildman–Crippen LogP) is 0.842. The lowest BCUT2D eigenvalue weighted by atomic mass is 10.4. The molecule has 0 saturated carbocycles. The van der Waals surface area contributed by atoms with Gasteiger partial charge in [0.25, 0.3) is 5.91 Å². The average molecular weight is 224 g/mol. The minimum Gasteiger partial charge on any atom is -0.455 e. The second-order valence-corrected chi connectivity index (χ2v) is 3.50. The van der Waals surface area contributed by atoms with Gasteiger partial charge in [-0.05, 0) is 12.1 Å². The molecule has 0 atom stereocenters. The molecule has 1 amide bonds. The molecule has 15 heavy (non-hydrogen) atoms. The van der Waals surface area contributed by atoms with Crippen molar-refractivity contribution in [1.82, 2.24) is 10.2 Å². The molecule has 7 heteroatoms. The summed E-state index contributed by atoms with van der Waals surface area (Å²) in [6.07, 6.45) is 0. The van der Waals surface area contributed by atoms with E-state index in [9.17, 15) is 4.79 Å². The van der Waals surface area contributed by atoms with Gasteiger partial charge in [-0.3, -0.25) is 10.1 Å². The fraction of sp³-hybridized carbons (Fsp3) is 0.125. The van der Waals surface area contributed by atoms with Gasteiger partial charge in [0.05, 0.1) is 6.54 Å². The van der Waals surface area contributed by atoms with Crippen molar-refractivity contribution in [3.8, 4) is 0 Å². The number of furan rings is 1. The summed E-state index contributed by atoms with van der Waals surface area (Å²) in [7, 11) is 0. The van der Waals surface area contributed by atoms with Gasteiger partial charge in [0.15, 0.2) is 5.76 Å². The lowest BCUT2D eigenvalue weighted by molar-refractivity contribution is 0.0995. The summed E-state index contributed by atoms with van der Waals surface area (Å²) in [5.41, 5.74) is 6.88. The number of hydrogen-bond donors (Lipinski definition) is 2. The van der Waals surface area contributed by atoms with Crippen LogP contribution in [-0.4, -0.2) is 16.1 Å².